The molecule has 1 aromatic carbocycles. The van der Waals surface area contributed by atoms with Crippen molar-refractivity contribution < 1.29 is 9.53 Å². The quantitative estimate of drug-likeness (QED) is 0.284. The van der Waals surface area contributed by atoms with Crippen LogP contribution >= 0.6 is 35.6 Å². The molecular weight excluding hydrogens is 455 g/mol. The summed E-state index contributed by atoms with van der Waals surface area (Å²) in [6.07, 6.45) is 2.50. The van der Waals surface area contributed by atoms with Crippen LogP contribution in [0.3, 0.4) is 0 Å². The van der Waals surface area contributed by atoms with Crippen molar-refractivity contribution in [1.29, 1.82) is 0 Å². The van der Waals surface area contributed by atoms with E-state index in [9.17, 15) is 4.79 Å². The number of likely N-dealkylation sites (tertiary alicyclic amines) is 1. The topological polar surface area (TPSA) is 80.0 Å². The first-order chi connectivity index (χ1) is 11.6. The second-order valence-corrected chi connectivity index (χ2v) is 6.28. The van der Waals surface area contributed by atoms with E-state index in [0.717, 1.165) is 31.9 Å². The largest absolute Gasteiger partial charge is 0.490 e. The van der Waals surface area contributed by atoms with E-state index in [1.807, 2.05) is 18.2 Å². The van der Waals surface area contributed by atoms with Crippen molar-refractivity contribution in [3.05, 3.63) is 29.3 Å². The number of halogens is 2. The van der Waals surface area contributed by atoms with E-state index in [2.05, 4.69) is 15.2 Å². The number of benzene rings is 1. The number of hydrogen-bond donors (Lipinski definition) is 2. The average molecular weight is 481 g/mol. The van der Waals surface area contributed by atoms with E-state index in [1.165, 1.54) is 0 Å². The molecule has 8 heteroatoms. The SMILES string of the molecule is CN=C(NCCOc1ccccc1Cl)N1CCCC(CC(N)=O)C1.I. The number of carbonyl (C=O) groups is 1. The predicted molar refractivity (Wildman–Crippen MR) is 112 cm³/mol. The molecule has 1 aliphatic rings. The molecule has 25 heavy (non-hydrogen) atoms. The zero-order valence-corrected chi connectivity index (χ0v) is 17.5. The summed E-state index contributed by atoms with van der Waals surface area (Å²) in [4.78, 5) is 17.6. The van der Waals surface area contributed by atoms with Gasteiger partial charge in [0.05, 0.1) is 11.6 Å². The van der Waals surface area contributed by atoms with Gasteiger partial charge in [-0.2, -0.15) is 0 Å². The van der Waals surface area contributed by atoms with Crippen LogP contribution in [0.4, 0.5) is 0 Å². The fourth-order valence-electron chi connectivity index (χ4n) is 2.93. The highest BCUT2D eigenvalue weighted by molar-refractivity contribution is 14.0. The number of para-hydroxylation sites is 1. The highest BCUT2D eigenvalue weighted by atomic mass is 127. The van der Waals surface area contributed by atoms with E-state index in [0.29, 0.717) is 36.3 Å². The number of primary amides is 1. The Labute approximate surface area is 171 Å². The van der Waals surface area contributed by atoms with Crippen LogP contribution in [0.1, 0.15) is 19.3 Å². The summed E-state index contributed by atoms with van der Waals surface area (Å²) in [5.41, 5.74) is 5.31. The standard InChI is InChI=1S/C17H25ClN4O2.HI/c1-20-17(22-9-4-5-13(12-22)11-16(19)23)21-8-10-24-15-7-3-2-6-14(15)18;/h2-3,6-7,13H,4-5,8-12H2,1H3,(H2,19,23)(H,20,21);1H. The molecule has 0 radical (unpaired) electrons. The second-order valence-electron chi connectivity index (χ2n) is 5.88. The summed E-state index contributed by atoms with van der Waals surface area (Å²) in [6.45, 7) is 2.84. The van der Waals surface area contributed by atoms with Crippen molar-refractivity contribution in [2.45, 2.75) is 19.3 Å². The molecule has 6 nitrogen and oxygen atoms in total. The molecule has 0 spiro atoms. The van der Waals surface area contributed by atoms with Crippen LogP contribution in [0, 0.1) is 5.92 Å². The molecule has 1 saturated heterocycles. The van der Waals surface area contributed by atoms with Crippen LogP contribution in [-0.2, 0) is 4.79 Å². The first-order valence-electron chi connectivity index (χ1n) is 8.21. The maximum absolute atomic E-state index is 11.1. The first-order valence-corrected chi connectivity index (χ1v) is 8.59. The van der Waals surface area contributed by atoms with Gasteiger partial charge in [-0.25, -0.2) is 0 Å². The Morgan fingerprint density at radius 3 is 2.92 bits per heavy atom. The lowest BCUT2D eigenvalue weighted by Crippen LogP contribution is -2.48. The normalized spacial score (nSPS) is 17.6. The summed E-state index contributed by atoms with van der Waals surface area (Å²) in [6, 6.07) is 7.40. The summed E-state index contributed by atoms with van der Waals surface area (Å²) in [5.74, 6) is 1.56. The number of nitrogens with two attached hydrogens (primary N) is 1. The van der Waals surface area contributed by atoms with Crippen LogP contribution in [0.5, 0.6) is 5.75 Å². The minimum atomic E-state index is -0.238. The number of piperidine rings is 1. The zero-order valence-electron chi connectivity index (χ0n) is 14.4. The van der Waals surface area contributed by atoms with Crippen LogP contribution < -0.4 is 15.8 Å². The molecular formula is C17H26ClIN4O2. The van der Waals surface area contributed by atoms with Crippen molar-refractivity contribution in [3.63, 3.8) is 0 Å². The molecule has 140 valence electrons. The number of carbonyl (C=O) groups excluding carboxylic acids is 1. The molecule has 1 aliphatic heterocycles. The highest BCUT2D eigenvalue weighted by Crippen LogP contribution is 2.23. The summed E-state index contributed by atoms with van der Waals surface area (Å²) in [7, 11) is 1.76. The summed E-state index contributed by atoms with van der Waals surface area (Å²) < 4.78 is 5.66. The molecule has 0 bridgehead atoms. The van der Waals surface area contributed by atoms with Crippen molar-refractivity contribution in [2.75, 3.05) is 33.3 Å². The predicted octanol–water partition coefficient (Wildman–Crippen LogP) is 2.50. The van der Waals surface area contributed by atoms with Gasteiger partial charge in [0.2, 0.25) is 5.91 Å². The van der Waals surface area contributed by atoms with Gasteiger partial charge in [0.15, 0.2) is 5.96 Å². The van der Waals surface area contributed by atoms with E-state index in [4.69, 9.17) is 22.1 Å². The lowest BCUT2D eigenvalue weighted by atomic mass is 9.95. The summed E-state index contributed by atoms with van der Waals surface area (Å²) >= 11 is 6.06. The van der Waals surface area contributed by atoms with Gasteiger partial charge < -0.3 is 20.7 Å². The van der Waals surface area contributed by atoms with Gasteiger partial charge >= 0.3 is 0 Å². The lowest BCUT2D eigenvalue weighted by Gasteiger charge is -2.34. The van der Waals surface area contributed by atoms with Crippen LogP contribution in [0.2, 0.25) is 5.02 Å². The highest BCUT2D eigenvalue weighted by Gasteiger charge is 2.23. The van der Waals surface area contributed by atoms with Gasteiger partial charge in [0, 0.05) is 26.6 Å². The van der Waals surface area contributed by atoms with E-state index in [1.54, 1.807) is 13.1 Å². The second kappa shape index (κ2) is 11.4. The summed E-state index contributed by atoms with van der Waals surface area (Å²) in [5, 5.41) is 3.90. The number of nitrogens with zero attached hydrogens (tertiary/aromatic N) is 2. The Morgan fingerprint density at radius 2 is 2.24 bits per heavy atom. The third-order valence-electron chi connectivity index (χ3n) is 4.00. The first kappa shape index (κ1) is 21.8. The zero-order chi connectivity index (χ0) is 17.4. The maximum atomic E-state index is 11.1. The van der Waals surface area contributed by atoms with E-state index in [-0.39, 0.29) is 29.9 Å². The molecule has 0 saturated carbocycles. The fourth-order valence-corrected chi connectivity index (χ4v) is 3.12. The lowest BCUT2D eigenvalue weighted by molar-refractivity contribution is -0.119. The Hall–Kier alpha value is -1.22. The van der Waals surface area contributed by atoms with Crippen LogP contribution in [0.25, 0.3) is 0 Å². The molecule has 1 aromatic rings. The monoisotopic (exact) mass is 480 g/mol. The minimum Gasteiger partial charge on any atom is -0.490 e. The third kappa shape index (κ3) is 7.27. The number of guanidine groups is 1. The smallest absolute Gasteiger partial charge is 0.217 e. The molecule has 3 N–H and O–H groups in total. The van der Waals surface area contributed by atoms with E-state index >= 15 is 0 Å². The van der Waals surface area contributed by atoms with Gasteiger partial charge in [0.1, 0.15) is 12.4 Å². The molecule has 1 heterocycles. The maximum Gasteiger partial charge on any atom is 0.217 e. The molecule has 1 atom stereocenters. The van der Waals surface area contributed by atoms with Gasteiger partial charge in [0.25, 0.3) is 0 Å². The van der Waals surface area contributed by atoms with Crippen LogP contribution in [0.15, 0.2) is 29.3 Å². The van der Waals surface area contributed by atoms with Gasteiger partial charge in [-0.1, -0.05) is 23.7 Å². The Morgan fingerprint density at radius 1 is 1.48 bits per heavy atom. The Kier molecular flexibility index (Phi) is 9.96. The third-order valence-corrected chi connectivity index (χ3v) is 4.31. The van der Waals surface area contributed by atoms with Gasteiger partial charge in [-0.05, 0) is 30.9 Å². The molecule has 0 aromatic heterocycles. The van der Waals surface area contributed by atoms with Crippen molar-refractivity contribution in [2.24, 2.45) is 16.6 Å². The number of rotatable bonds is 6. The molecule has 1 unspecified atom stereocenters. The van der Waals surface area contributed by atoms with Crippen molar-refractivity contribution in [3.8, 4) is 5.75 Å². The number of nitrogens with one attached hydrogen (secondary N) is 1. The van der Waals surface area contributed by atoms with Crippen molar-refractivity contribution in [1.82, 2.24) is 10.2 Å². The molecule has 2 rings (SSSR count). The molecule has 1 amide bonds. The molecule has 1 fully saturated rings. The number of hydrogen-bond acceptors (Lipinski definition) is 3. The van der Waals surface area contributed by atoms with Crippen molar-refractivity contribution >= 4 is 47.4 Å². The Balaban J connectivity index is 0.00000312. The number of aliphatic imine (C=N–C) groups is 1. The number of ether oxygens (including phenoxy) is 1. The number of amides is 1. The Bertz CT molecular complexity index is 586. The van der Waals surface area contributed by atoms with Crippen LogP contribution in [-0.4, -0.2) is 50.1 Å². The fraction of sp³-hybridized carbons (Fsp3) is 0.529. The minimum absolute atomic E-state index is 0. The average Bonchev–Trinajstić information content (AvgIpc) is 2.56. The van der Waals surface area contributed by atoms with Gasteiger partial charge in [-0.15, -0.1) is 24.0 Å². The van der Waals surface area contributed by atoms with Gasteiger partial charge in [-0.3, -0.25) is 9.79 Å². The van der Waals surface area contributed by atoms with E-state index < -0.39 is 0 Å². The molecule has 0 aliphatic carbocycles.